The third kappa shape index (κ3) is 3.06. The Morgan fingerprint density at radius 1 is 1.47 bits per heavy atom. The van der Waals surface area contributed by atoms with Gasteiger partial charge in [0.15, 0.2) is 0 Å². The van der Waals surface area contributed by atoms with Gasteiger partial charge in [-0.1, -0.05) is 5.16 Å². The minimum Gasteiger partial charge on any atom is -0.378 e. The fraction of sp³-hybridized carbons (Fsp3) is 0.750. The van der Waals surface area contributed by atoms with E-state index in [2.05, 4.69) is 10.1 Å². The average molecular weight is 240 g/mol. The summed E-state index contributed by atoms with van der Waals surface area (Å²) in [6.07, 6.45) is 0.151. The lowest BCUT2D eigenvalue weighted by Crippen LogP contribution is -2.33. The zero-order valence-corrected chi connectivity index (χ0v) is 10.7. The molecule has 1 aromatic rings. The van der Waals surface area contributed by atoms with Crippen molar-refractivity contribution in [3.05, 3.63) is 17.0 Å². The Morgan fingerprint density at radius 3 is 2.94 bits per heavy atom. The highest BCUT2D eigenvalue weighted by molar-refractivity contribution is 5.20. The molecule has 1 atom stereocenters. The number of methoxy groups -OCH3 is 1. The molecule has 17 heavy (non-hydrogen) atoms. The molecule has 0 spiro atoms. The topological polar surface area (TPSA) is 47.7 Å². The van der Waals surface area contributed by atoms with E-state index in [0.717, 1.165) is 37.7 Å². The van der Waals surface area contributed by atoms with Gasteiger partial charge in [0.1, 0.15) is 5.76 Å². The van der Waals surface area contributed by atoms with Gasteiger partial charge in [0.25, 0.3) is 0 Å². The van der Waals surface area contributed by atoms with Gasteiger partial charge in [0.2, 0.25) is 0 Å². The van der Waals surface area contributed by atoms with Crippen molar-refractivity contribution in [3.63, 3.8) is 0 Å². The number of ether oxygens (including phenoxy) is 2. The highest BCUT2D eigenvalue weighted by Gasteiger charge is 2.20. The van der Waals surface area contributed by atoms with Crippen molar-refractivity contribution in [2.45, 2.75) is 26.5 Å². The van der Waals surface area contributed by atoms with Crippen LogP contribution in [0.3, 0.4) is 0 Å². The Hall–Kier alpha value is -0.910. The summed E-state index contributed by atoms with van der Waals surface area (Å²) in [4.78, 5) is 2.33. The molecule has 1 aromatic heterocycles. The molecule has 1 aliphatic rings. The maximum Gasteiger partial charge on any atom is 0.138 e. The maximum absolute atomic E-state index is 5.50. The van der Waals surface area contributed by atoms with Crippen molar-refractivity contribution in [2.75, 3.05) is 33.4 Å². The first kappa shape index (κ1) is 12.5. The highest BCUT2D eigenvalue weighted by atomic mass is 16.5. The van der Waals surface area contributed by atoms with E-state index in [9.17, 15) is 0 Å². The number of hydrogen-bond acceptors (Lipinski definition) is 5. The van der Waals surface area contributed by atoms with Crippen molar-refractivity contribution in [1.82, 2.24) is 10.1 Å². The van der Waals surface area contributed by atoms with E-state index < -0.39 is 0 Å². The van der Waals surface area contributed by atoms with Gasteiger partial charge in [-0.05, 0) is 13.8 Å². The molecule has 1 saturated heterocycles. The lowest BCUT2D eigenvalue weighted by Gasteiger charge is -2.22. The molecule has 1 fully saturated rings. The molecule has 5 nitrogen and oxygen atoms in total. The minimum absolute atomic E-state index is 0.151. The van der Waals surface area contributed by atoms with Crippen LogP contribution in [0.1, 0.15) is 17.0 Å². The van der Waals surface area contributed by atoms with E-state index in [4.69, 9.17) is 14.0 Å². The van der Waals surface area contributed by atoms with Crippen LogP contribution in [0.4, 0.5) is 0 Å². The Kier molecular flexibility index (Phi) is 4.15. The van der Waals surface area contributed by atoms with Crippen LogP contribution in [0.5, 0.6) is 0 Å². The molecule has 0 bridgehead atoms. The summed E-state index contributed by atoms with van der Waals surface area (Å²) < 4.78 is 16.1. The number of hydrogen-bond donors (Lipinski definition) is 0. The lowest BCUT2D eigenvalue weighted by molar-refractivity contribution is 0.0225. The first-order valence-electron chi connectivity index (χ1n) is 5.95. The second-order valence-corrected chi connectivity index (χ2v) is 4.47. The lowest BCUT2D eigenvalue weighted by atomic mass is 10.2. The van der Waals surface area contributed by atoms with Crippen LogP contribution < -0.4 is 0 Å². The molecule has 0 saturated carbocycles. The van der Waals surface area contributed by atoms with Gasteiger partial charge < -0.3 is 14.0 Å². The van der Waals surface area contributed by atoms with Gasteiger partial charge in [0, 0.05) is 32.3 Å². The Morgan fingerprint density at radius 2 is 2.29 bits per heavy atom. The zero-order valence-electron chi connectivity index (χ0n) is 10.7. The predicted molar refractivity (Wildman–Crippen MR) is 62.9 cm³/mol. The SMILES string of the molecule is COC1COCCN(Cc2c(C)noc2C)C1. The van der Waals surface area contributed by atoms with Crippen molar-refractivity contribution >= 4 is 0 Å². The van der Waals surface area contributed by atoms with Crippen LogP contribution in [0.25, 0.3) is 0 Å². The van der Waals surface area contributed by atoms with Crippen LogP contribution >= 0.6 is 0 Å². The average Bonchev–Trinajstić information content (AvgIpc) is 2.57. The number of nitrogens with zero attached hydrogens (tertiary/aromatic N) is 2. The number of rotatable bonds is 3. The van der Waals surface area contributed by atoms with Crippen LogP contribution in [0.2, 0.25) is 0 Å². The minimum atomic E-state index is 0.151. The standard InChI is InChI=1S/C12H20N2O3/c1-9-12(10(2)17-13-9)7-14-4-5-16-8-11(6-14)15-3/h11H,4-8H2,1-3H3. The van der Waals surface area contributed by atoms with Crippen LogP contribution in [0, 0.1) is 13.8 Å². The molecule has 96 valence electrons. The molecule has 2 rings (SSSR count). The zero-order chi connectivity index (χ0) is 12.3. The van der Waals surface area contributed by atoms with E-state index in [0.29, 0.717) is 6.61 Å². The van der Waals surface area contributed by atoms with Gasteiger partial charge >= 0.3 is 0 Å². The molecule has 1 aliphatic heterocycles. The summed E-state index contributed by atoms with van der Waals surface area (Å²) in [7, 11) is 1.73. The number of aryl methyl sites for hydroxylation is 2. The highest BCUT2D eigenvalue weighted by Crippen LogP contribution is 2.16. The summed E-state index contributed by atoms with van der Waals surface area (Å²) in [6, 6.07) is 0. The Labute approximate surface area is 102 Å². The molecule has 1 unspecified atom stereocenters. The largest absolute Gasteiger partial charge is 0.378 e. The van der Waals surface area contributed by atoms with Gasteiger partial charge in [-0.25, -0.2) is 0 Å². The van der Waals surface area contributed by atoms with Crippen LogP contribution in [-0.2, 0) is 16.0 Å². The van der Waals surface area contributed by atoms with Gasteiger partial charge in [0.05, 0.1) is 25.0 Å². The van der Waals surface area contributed by atoms with Gasteiger partial charge in [-0.2, -0.15) is 0 Å². The summed E-state index contributed by atoms with van der Waals surface area (Å²) in [5.41, 5.74) is 2.16. The molecular formula is C12H20N2O3. The van der Waals surface area contributed by atoms with Crippen molar-refractivity contribution < 1.29 is 14.0 Å². The molecule has 0 aromatic carbocycles. The molecule has 0 aliphatic carbocycles. The summed E-state index contributed by atoms with van der Waals surface area (Å²) in [5.74, 6) is 0.904. The summed E-state index contributed by atoms with van der Waals surface area (Å²) in [6.45, 7) is 8.03. The van der Waals surface area contributed by atoms with Crippen molar-refractivity contribution in [2.24, 2.45) is 0 Å². The monoisotopic (exact) mass is 240 g/mol. The van der Waals surface area contributed by atoms with Crippen LogP contribution in [0.15, 0.2) is 4.52 Å². The Balaban J connectivity index is 2.02. The van der Waals surface area contributed by atoms with E-state index in [1.807, 2.05) is 13.8 Å². The summed E-state index contributed by atoms with van der Waals surface area (Å²) in [5, 5.41) is 3.98. The molecule has 5 heteroatoms. The molecule has 0 N–H and O–H groups in total. The second-order valence-electron chi connectivity index (χ2n) is 4.47. The van der Waals surface area contributed by atoms with Gasteiger partial charge in [-0.3, -0.25) is 4.90 Å². The van der Waals surface area contributed by atoms with E-state index in [-0.39, 0.29) is 6.10 Å². The maximum atomic E-state index is 5.50. The van der Waals surface area contributed by atoms with Crippen molar-refractivity contribution in [1.29, 1.82) is 0 Å². The quantitative estimate of drug-likeness (QED) is 0.793. The predicted octanol–water partition coefficient (Wildman–Crippen LogP) is 1.14. The summed E-state index contributed by atoms with van der Waals surface area (Å²) >= 11 is 0. The third-order valence-electron chi connectivity index (χ3n) is 3.21. The van der Waals surface area contributed by atoms with E-state index in [1.54, 1.807) is 7.11 Å². The number of aromatic nitrogens is 1. The fourth-order valence-electron chi connectivity index (χ4n) is 2.08. The molecular weight excluding hydrogens is 220 g/mol. The smallest absolute Gasteiger partial charge is 0.138 e. The van der Waals surface area contributed by atoms with E-state index in [1.165, 1.54) is 5.56 Å². The molecule has 2 heterocycles. The fourth-order valence-corrected chi connectivity index (χ4v) is 2.08. The molecule has 0 amide bonds. The van der Waals surface area contributed by atoms with Crippen LogP contribution in [-0.4, -0.2) is 49.6 Å². The van der Waals surface area contributed by atoms with E-state index >= 15 is 0 Å². The van der Waals surface area contributed by atoms with Crippen molar-refractivity contribution in [3.8, 4) is 0 Å². The first-order chi connectivity index (χ1) is 8.20. The Bertz CT molecular complexity index is 345. The molecule has 0 radical (unpaired) electrons. The second kappa shape index (κ2) is 5.62. The third-order valence-corrected chi connectivity index (χ3v) is 3.21. The van der Waals surface area contributed by atoms with Gasteiger partial charge in [-0.15, -0.1) is 0 Å². The normalized spacial score (nSPS) is 22.6. The first-order valence-corrected chi connectivity index (χ1v) is 5.95.